The molecule has 20 heavy (non-hydrogen) atoms. The molecule has 0 saturated heterocycles. The summed E-state index contributed by atoms with van der Waals surface area (Å²) >= 11 is 3.37. The molecule has 2 atom stereocenters. The fourth-order valence-electron chi connectivity index (χ4n) is 2.62. The van der Waals surface area contributed by atoms with Crippen molar-refractivity contribution in [3.63, 3.8) is 0 Å². The van der Waals surface area contributed by atoms with Gasteiger partial charge in [0.2, 0.25) is 0 Å². The van der Waals surface area contributed by atoms with Gasteiger partial charge >= 0.3 is 0 Å². The van der Waals surface area contributed by atoms with Crippen LogP contribution in [0.4, 0.5) is 0 Å². The molecule has 110 valence electrons. The first kappa shape index (κ1) is 15.3. The quantitative estimate of drug-likeness (QED) is 0.915. The van der Waals surface area contributed by atoms with Crippen molar-refractivity contribution in [2.75, 3.05) is 14.2 Å². The number of hydrogen-bond acceptors (Lipinski definition) is 3. The predicted molar refractivity (Wildman–Crippen MR) is 81.1 cm³/mol. The molecule has 5 heteroatoms. The van der Waals surface area contributed by atoms with E-state index in [1.165, 1.54) is 0 Å². The molecule has 4 nitrogen and oxygen atoms in total. The average molecular weight is 342 g/mol. The van der Waals surface area contributed by atoms with E-state index >= 15 is 0 Å². The molecular formula is C15H20BrNO3. The Labute approximate surface area is 128 Å². The Morgan fingerprint density at radius 1 is 1.40 bits per heavy atom. The third-order valence-electron chi connectivity index (χ3n) is 4.18. The molecule has 0 aromatic heterocycles. The second-order valence-corrected chi connectivity index (χ2v) is 6.57. The number of amides is 1. The number of hydrogen-bond donors (Lipinski definition) is 1. The van der Waals surface area contributed by atoms with Gasteiger partial charge in [0, 0.05) is 23.0 Å². The lowest BCUT2D eigenvalue weighted by atomic mass is 9.64. The summed E-state index contributed by atoms with van der Waals surface area (Å²) in [4.78, 5) is 12.4. The SMILES string of the molecule is COc1cc(Br)ccc1C(=O)NC1CC(OC)C1(C)C. The van der Waals surface area contributed by atoms with Gasteiger partial charge in [-0.05, 0) is 24.6 Å². The number of rotatable bonds is 4. The first-order valence-corrected chi connectivity index (χ1v) is 7.36. The number of ether oxygens (including phenoxy) is 2. The van der Waals surface area contributed by atoms with E-state index in [1.807, 2.05) is 6.07 Å². The molecule has 1 saturated carbocycles. The van der Waals surface area contributed by atoms with Crippen molar-refractivity contribution in [2.24, 2.45) is 5.41 Å². The zero-order valence-corrected chi connectivity index (χ0v) is 13.8. The Balaban J connectivity index is 2.10. The van der Waals surface area contributed by atoms with Gasteiger partial charge in [0.1, 0.15) is 5.75 Å². The Hall–Kier alpha value is -1.07. The van der Waals surface area contributed by atoms with E-state index in [2.05, 4.69) is 35.1 Å². The number of benzene rings is 1. The summed E-state index contributed by atoms with van der Waals surface area (Å²) in [5, 5.41) is 3.07. The molecule has 0 radical (unpaired) electrons. The van der Waals surface area contributed by atoms with Gasteiger partial charge in [-0.2, -0.15) is 0 Å². The third kappa shape index (κ3) is 2.69. The van der Waals surface area contributed by atoms with Crippen LogP contribution in [0.5, 0.6) is 5.75 Å². The molecule has 0 aliphatic heterocycles. The van der Waals surface area contributed by atoms with Gasteiger partial charge in [-0.3, -0.25) is 4.79 Å². The minimum Gasteiger partial charge on any atom is -0.496 e. The molecule has 2 rings (SSSR count). The average Bonchev–Trinajstić information content (AvgIpc) is 2.42. The maximum atomic E-state index is 12.4. The highest BCUT2D eigenvalue weighted by Gasteiger charge is 2.49. The van der Waals surface area contributed by atoms with Crippen LogP contribution in [-0.2, 0) is 4.74 Å². The minimum atomic E-state index is -0.109. The molecule has 1 N–H and O–H groups in total. The number of methoxy groups -OCH3 is 2. The molecule has 1 aromatic carbocycles. The Morgan fingerprint density at radius 3 is 2.65 bits per heavy atom. The Morgan fingerprint density at radius 2 is 2.10 bits per heavy atom. The van der Waals surface area contributed by atoms with Gasteiger partial charge in [0.15, 0.2) is 0 Å². The standard InChI is InChI=1S/C15H20BrNO3/c1-15(2)12(8-13(15)20-4)17-14(18)10-6-5-9(16)7-11(10)19-3/h5-7,12-13H,8H2,1-4H3,(H,17,18). The van der Waals surface area contributed by atoms with Crippen LogP contribution in [-0.4, -0.2) is 32.3 Å². The zero-order valence-electron chi connectivity index (χ0n) is 12.2. The summed E-state index contributed by atoms with van der Waals surface area (Å²) in [6, 6.07) is 5.51. The summed E-state index contributed by atoms with van der Waals surface area (Å²) in [5.74, 6) is 0.458. The predicted octanol–water partition coefficient (Wildman–Crippen LogP) is 3.00. The Kier molecular flexibility index (Phi) is 4.39. The first-order valence-electron chi connectivity index (χ1n) is 6.57. The highest BCUT2D eigenvalue weighted by Crippen LogP contribution is 2.42. The van der Waals surface area contributed by atoms with Crippen LogP contribution in [0.1, 0.15) is 30.6 Å². The van der Waals surface area contributed by atoms with Crippen molar-refractivity contribution >= 4 is 21.8 Å². The van der Waals surface area contributed by atoms with Crippen LogP contribution in [0.3, 0.4) is 0 Å². The molecular weight excluding hydrogens is 322 g/mol. The van der Waals surface area contributed by atoms with Crippen LogP contribution in [0, 0.1) is 5.41 Å². The van der Waals surface area contributed by atoms with Gasteiger partial charge < -0.3 is 14.8 Å². The number of halogens is 1. The molecule has 2 unspecified atom stereocenters. The highest BCUT2D eigenvalue weighted by atomic mass is 79.9. The van der Waals surface area contributed by atoms with Crippen molar-refractivity contribution in [3.05, 3.63) is 28.2 Å². The number of carbonyl (C=O) groups excluding carboxylic acids is 1. The van der Waals surface area contributed by atoms with E-state index in [0.717, 1.165) is 10.9 Å². The summed E-state index contributed by atoms with van der Waals surface area (Å²) in [6.07, 6.45) is 1.04. The molecule has 1 aliphatic carbocycles. The molecule has 0 heterocycles. The lowest BCUT2D eigenvalue weighted by Gasteiger charge is -2.51. The maximum absolute atomic E-state index is 12.4. The third-order valence-corrected chi connectivity index (χ3v) is 4.67. The van der Waals surface area contributed by atoms with Crippen molar-refractivity contribution < 1.29 is 14.3 Å². The minimum absolute atomic E-state index is 0.0486. The molecule has 0 bridgehead atoms. The van der Waals surface area contributed by atoms with E-state index in [0.29, 0.717) is 11.3 Å². The molecule has 1 fully saturated rings. The van der Waals surface area contributed by atoms with E-state index in [-0.39, 0.29) is 23.5 Å². The smallest absolute Gasteiger partial charge is 0.255 e. The van der Waals surface area contributed by atoms with Crippen LogP contribution in [0.15, 0.2) is 22.7 Å². The van der Waals surface area contributed by atoms with Crippen molar-refractivity contribution in [3.8, 4) is 5.75 Å². The monoisotopic (exact) mass is 341 g/mol. The molecule has 0 spiro atoms. The largest absolute Gasteiger partial charge is 0.496 e. The van der Waals surface area contributed by atoms with Gasteiger partial charge in [-0.25, -0.2) is 0 Å². The first-order chi connectivity index (χ1) is 9.40. The lowest BCUT2D eigenvalue weighted by molar-refractivity contribution is -0.0942. The fourth-order valence-corrected chi connectivity index (χ4v) is 2.96. The number of carbonyl (C=O) groups is 1. The van der Waals surface area contributed by atoms with Crippen LogP contribution in [0.2, 0.25) is 0 Å². The van der Waals surface area contributed by atoms with Crippen molar-refractivity contribution in [1.29, 1.82) is 0 Å². The molecule has 1 aromatic rings. The van der Waals surface area contributed by atoms with Crippen LogP contribution in [0.25, 0.3) is 0 Å². The lowest BCUT2D eigenvalue weighted by Crippen LogP contribution is -2.61. The van der Waals surface area contributed by atoms with E-state index in [1.54, 1.807) is 26.4 Å². The van der Waals surface area contributed by atoms with E-state index in [4.69, 9.17) is 9.47 Å². The summed E-state index contributed by atoms with van der Waals surface area (Å²) in [6.45, 7) is 4.21. The zero-order chi connectivity index (χ0) is 14.9. The topological polar surface area (TPSA) is 47.6 Å². The van der Waals surface area contributed by atoms with Crippen molar-refractivity contribution in [2.45, 2.75) is 32.4 Å². The van der Waals surface area contributed by atoms with Crippen molar-refractivity contribution in [1.82, 2.24) is 5.32 Å². The summed E-state index contributed by atoms with van der Waals surface area (Å²) < 4.78 is 11.5. The van der Waals surface area contributed by atoms with E-state index < -0.39 is 0 Å². The Bertz CT molecular complexity index is 516. The second-order valence-electron chi connectivity index (χ2n) is 5.65. The normalized spacial score (nSPS) is 23.9. The number of nitrogens with one attached hydrogen (secondary N) is 1. The molecule has 1 amide bonds. The fraction of sp³-hybridized carbons (Fsp3) is 0.533. The van der Waals surface area contributed by atoms with Crippen LogP contribution >= 0.6 is 15.9 Å². The van der Waals surface area contributed by atoms with Gasteiger partial charge in [0.25, 0.3) is 5.91 Å². The van der Waals surface area contributed by atoms with Crippen LogP contribution < -0.4 is 10.1 Å². The maximum Gasteiger partial charge on any atom is 0.255 e. The highest BCUT2D eigenvalue weighted by molar-refractivity contribution is 9.10. The van der Waals surface area contributed by atoms with Gasteiger partial charge in [-0.1, -0.05) is 29.8 Å². The molecule has 1 aliphatic rings. The van der Waals surface area contributed by atoms with Gasteiger partial charge in [0.05, 0.1) is 18.8 Å². The van der Waals surface area contributed by atoms with Gasteiger partial charge in [-0.15, -0.1) is 0 Å². The van der Waals surface area contributed by atoms with E-state index in [9.17, 15) is 4.79 Å². The summed E-state index contributed by atoms with van der Waals surface area (Å²) in [5.41, 5.74) is 0.500. The summed E-state index contributed by atoms with van der Waals surface area (Å²) in [7, 11) is 3.27. The second kappa shape index (κ2) is 5.74.